The standard InChI is InChI=1S/C24H19BrCl2N2O4/c1-14-3-5-16(6-4-14)24(31)33-21-9-7-18(25)11-17(21)13-28-29-23(30)15(2)32-22-10-8-19(26)12-20(22)27/h3-13,15H,1-2H3,(H,29,30)/b28-13-/t15-/m0/s1. The van der Waals surface area contributed by atoms with E-state index in [-0.39, 0.29) is 0 Å². The molecule has 9 heteroatoms. The van der Waals surface area contributed by atoms with Gasteiger partial charge in [0.25, 0.3) is 5.91 Å². The number of amides is 1. The molecule has 0 radical (unpaired) electrons. The van der Waals surface area contributed by atoms with Crippen molar-refractivity contribution in [3.8, 4) is 11.5 Å². The first-order valence-electron chi connectivity index (χ1n) is 9.76. The Bertz CT molecular complexity index is 1200. The van der Waals surface area contributed by atoms with E-state index >= 15 is 0 Å². The maximum absolute atomic E-state index is 12.5. The molecule has 0 fully saturated rings. The van der Waals surface area contributed by atoms with Crippen molar-refractivity contribution in [2.45, 2.75) is 20.0 Å². The lowest BCUT2D eigenvalue weighted by Gasteiger charge is -2.14. The smallest absolute Gasteiger partial charge is 0.343 e. The number of hydrogen-bond donors (Lipinski definition) is 1. The molecule has 3 aromatic carbocycles. The third kappa shape index (κ3) is 7.05. The van der Waals surface area contributed by atoms with E-state index in [4.69, 9.17) is 32.7 Å². The summed E-state index contributed by atoms with van der Waals surface area (Å²) in [6.07, 6.45) is 0.504. The van der Waals surface area contributed by atoms with Gasteiger partial charge in [-0.1, -0.05) is 56.8 Å². The number of carbonyl (C=O) groups excluding carboxylic acids is 2. The Morgan fingerprint density at radius 1 is 1.03 bits per heavy atom. The number of hydrogen-bond acceptors (Lipinski definition) is 5. The van der Waals surface area contributed by atoms with Crippen LogP contribution in [0.4, 0.5) is 0 Å². The van der Waals surface area contributed by atoms with E-state index in [9.17, 15) is 9.59 Å². The Morgan fingerprint density at radius 3 is 2.42 bits per heavy atom. The molecule has 0 aliphatic heterocycles. The number of esters is 1. The zero-order valence-electron chi connectivity index (χ0n) is 17.6. The maximum Gasteiger partial charge on any atom is 0.343 e. The number of rotatable bonds is 7. The summed E-state index contributed by atoms with van der Waals surface area (Å²) >= 11 is 15.3. The Labute approximate surface area is 209 Å². The van der Waals surface area contributed by atoms with Gasteiger partial charge in [-0.05, 0) is 62.4 Å². The van der Waals surface area contributed by atoms with Crippen molar-refractivity contribution in [1.29, 1.82) is 0 Å². The molecular formula is C24H19BrCl2N2O4. The first-order valence-corrected chi connectivity index (χ1v) is 11.3. The number of nitrogens with one attached hydrogen (secondary N) is 1. The molecule has 6 nitrogen and oxygen atoms in total. The largest absolute Gasteiger partial charge is 0.479 e. The van der Waals surface area contributed by atoms with E-state index in [0.29, 0.717) is 32.7 Å². The van der Waals surface area contributed by atoms with Crippen molar-refractivity contribution in [2.24, 2.45) is 5.10 Å². The highest BCUT2D eigenvalue weighted by atomic mass is 79.9. The summed E-state index contributed by atoms with van der Waals surface area (Å²) in [5, 5.41) is 4.72. The molecule has 0 spiro atoms. The summed E-state index contributed by atoms with van der Waals surface area (Å²) in [6.45, 7) is 3.49. The first kappa shape index (κ1) is 24.8. The summed E-state index contributed by atoms with van der Waals surface area (Å²) in [4.78, 5) is 24.8. The number of halogens is 3. The van der Waals surface area contributed by atoms with Crippen LogP contribution in [0.2, 0.25) is 10.0 Å². The molecule has 170 valence electrons. The van der Waals surface area contributed by atoms with Crippen LogP contribution < -0.4 is 14.9 Å². The molecule has 0 heterocycles. The average Bonchev–Trinajstić information content (AvgIpc) is 2.77. The molecule has 3 aromatic rings. The third-order valence-corrected chi connectivity index (χ3v) is 5.43. The van der Waals surface area contributed by atoms with Crippen LogP contribution in [0.3, 0.4) is 0 Å². The van der Waals surface area contributed by atoms with E-state index in [0.717, 1.165) is 10.0 Å². The highest BCUT2D eigenvalue weighted by Gasteiger charge is 2.16. The van der Waals surface area contributed by atoms with Gasteiger partial charge in [0, 0.05) is 15.1 Å². The molecule has 1 N–H and O–H groups in total. The minimum atomic E-state index is -0.873. The molecule has 0 saturated heterocycles. The molecule has 1 amide bonds. The van der Waals surface area contributed by atoms with Gasteiger partial charge >= 0.3 is 5.97 Å². The highest BCUT2D eigenvalue weighted by molar-refractivity contribution is 9.10. The quantitative estimate of drug-likeness (QED) is 0.165. The van der Waals surface area contributed by atoms with Crippen LogP contribution in [0.1, 0.15) is 28.4 Å². The van der Waals surface area contributed by atoms with Crippen molar-refractivity contribution >= 4 is 57.2 Å². The van der Waals surface area contributed by atoms with Crippen LogP contribution in [0.5, 0.6) is 11.5 Å². The van der Waals surface area contributed by atoms with Crippen LogP contribution in [0, 0.1) is 6.92 Å². The molecule has 0 aromatic heterocycles. The summed E-state index contributed by atoms with van der Waals surface area (Å²) in [5.74, 6) is -0.382. The third-order valence-electron chi connectivity index (χ3n) is 4.41. The number of ether oxygens (including phenoxy) is 2. The van der Waals surface area contributed by atoms with Gasteiger partial charge in [-0.2, -0.15) is 5.10 Å². The minimum absolute atomic E-state index is 0.291. The van der Waals surface area contributed by atoms with Crippen LogP contribution in [0.25, 0.3) is 0 Å². The summed E-state index contributed by atoms with van der Waals surface area (Å²) in [7, 11) is 0. The van der Waals surface area contributed by atoms with E-state index in [2.05, 4.69) is 26.5 Å². The molecule has 0 aliphatic rings. The van der Waals surface area contributed by atoms with Crippen LogP contribution in [-0.4, -0.2) is 24.2 Å². The van der Waals surface area contributed by atoms with Gasteiger partial charge in [0.2, 0.25) is 0 Å². The molecule has 0 saturated carbocycles. The van der Waals surface area contributed by atoms with E-state index in [1.807, 2.05) is 19.1 Å². The number of benzene rings is 3. The molecule has 33 heavy (non-hydrogen) atoms. The number of hydrazone groups is 1. The molecule has 0 bridgehead atoms. The van der Waals surface area contributed by atoms with Crippen molar-refractivity contribution in [2.75, 3.05) is 0 Å². The summed E-state index contributed by atoms with van der Waals surface area (Å²) < 4.78 is 11.8. The number of nitrogens with zero attached hydrogens (tertiary/aromatic N) is 1. The lowest BCUT2D eigenvalue weighted by Crippen LogP contribution is -2.33. The second-order valence-corrected chi connectivity index (χ2v) is 8.77. The second-order valence-electron chi connectivity index (χ2n) is 7.01. The minimum Gasteiger partial charge on any atom is -0.479 e. The Kier molecular flexibility index (Phi) is 8.49. The topological polar surface area (TPSA) is 77.0 Å². The molecule has 1 atom stereocenters. The van der Waals surface area contributed by atoms with Crippen molar-refractivity contribution < 1.29 is 19.1 Å². The van der Waals surface area contributed by atoms with Gasteiger partial charge in [0.05, 0.1) is 16.8 Å². The lowest BCUT2D eigenvalue weighted by atomic mass is 10.1. The first-order chi connectivity index (χ1) is 15.7. The summed E-state index contributed by atoms with van der Waals surface area (Å²) in [5.41, 5.74) is 4.35. The van der Waals surface area contributed by atoms with Gasteiger partial charge in [-0.3, -0.25) is 4.79 Å². The van der Waals surface area contributed by atoms with Gasteiger partial charge in [-0.15, -0.1) is 0 Å². The molecule has 0 aliphatic carbocycles. The van der Waals surface area contributed by atoms with Crippen LogP contribution >= 0.6 is 39.1 Å². The van der Waals surface area contributed by atoms with Crippen molar-refractivity contribution in [3.63, 3.8) is 0 Å². The molecular weight excluding hydrogens is 531 g/mol. The van der Waals surface area contributed by atoms with Gasteiger partial charge < -0.3 is 9.47 Å². The predicted octanol–water partition coefficient (Wildman–Crippen LogP) is 6.20. The normalized spacial score (nSPS) is 11.8. The maximum atomic E-state index is 12.5. The average molecular weight is 550 g/mol. The molecule has 3 rings (SSSR count). The fourth-order valence-electron chi connectivity index (χ4n) is 2.63. The van der Waals surface area contributed by atoms with Gasteiger partial charge in [-0.25, -0.2) is 10.2 Å². The fraction of sp³-hybridized carbons (Fsp3) is 0.125. The zero-order chi connectivity index (χ0) is 24.0. The Hall–Kier alpha value is -2.87. The van der Waals surface area contributed by atoms with Gasteiger partial charge in [0.1, 0.15) is 11.5 Å². The molecule has 0 unspecified atom stereocenters. The van der Waals surface area contributed by atoms with E-state index in [1.54, 1.807) is 49.4 Å². The Morgan fingerprint density at radius 2 is 1.73 bits per heavy atom. The van der Waals surface area contributed by atoms with Crippen LogP contribution in [0.15, 0.2) is 70.2 Å². The van der Waals surface area contributed by atoms with E-state index in [1.165, 1.54) is 12.3 Å². The lowest BCUT2D eigenvalue weighted by molar-refractivity contribution is -0.127. The Balaban J connectivity index is 1.66. The van der Waals surface area contributed by atoms with Crippen molar-refractivity contribution in [3.05, 3.63) is 91.9 Å². The highest BCUT2D eigenvalue weighted by Crippen LogP contribution is 2.28. The second kappa shape index (κ2) is 11.3. The van der Waals surface area contributed by atoms with E-state index < -0.39 is 18.0 Å². The number of carbonyl (C=O) groups is 2. The van der Waals surface area contributed by atoms with Gasteiger partial charge in [0.15, 0.2) is 6.10 Å². The van der Waals surface area contributed by atoms with Crippen molar-refractivity contribution in [1.82, 2.24) is 5.43 Å². The summed E-state index contributed by atoms with van der Waals surface area (Å²) in [6, 6.07) is 16.8. The zero-order valence-corrected chi connectivity index (χ0v) is 20.7. The number of aryl methyl sites for hydroxylation is 1. The van der Waals surface area contributed by atoms with Crippen LogP contribution in [-0.2, 0) is 4.79 Å². The SMILES string of the molecule is Cc1ccc(C(=O)Oc2ccc(Br)cc2/C=N\NC(=O)[C@H](C)Oc2ccc(Cl)cc2Cl)cc1. The predicted molar refractivity (Wildman–Crippen MR) is 133 cm³/mol. The monoisotopic (exact) mass is 548 g/mol. The fourth-order valence-corrected chi connectivity index (χ4v) is 3.46.